The third kappa shape index (κ3) is 11.5. The predicted molar refractivity (Wildman–Crippen MR) is 393 cm³/mol. The topological polar surface area (TPSA) is 99.1 Å². The van der Waals surface area contributed by atoms with Crippen LogP contribution in [0.2, 0.25) is 0 Å². The summed E-state index contributed by atoms with van der Waals surface area (Å²) in [5, 5.41) is 23.9. The van der Waals surface area contributed by atoms with Crippen molar-refractivity contribution in [2.24, 2.45) is 0 Å². The van der Waals surface area contributed by atoms with Gasteiger partial charge in [-0.2, -0.15) is 10.5 Å². The zero-order valence-corrected chi connectivity index (χ0v) is 52.0. The highest BCUT2D eigenvalue weighted by Crippen LogP contribution is 2.41. The van der Waals surface area contributed by atoms with Gasteiger partial charge in [0.1, 0.15) is 0 Å². The van der Waals surface area contributed by atoms with Gasteiger partial charge in [0.2, 0.25) is 0 Å². The molecule has 96 heavy (non-hydrogen) atoms. The lowest BCUT2D eigenvalue weighted by atomic mass is 9.91. The summed E-state index contributed by atoms with van der Waals surface area (Å²) < 4.78 is 0. The highest BCUT2D eigenvalue weighted by Gasteiger charge is 2.18. The standard InChI is InChI=1S/C90H56N6/c91-57-59-14-13-20-74(54-59)62-26-32-64(33-27-62)77-50-52-79(83-24-11-9-22-81(77)83)66-38-44-70(45-39-66)86-55-85(68-15-3-1-4-16-68)93-90(96-86)73-48-30-61(31-49-73)60-28-42-69(43-29-60)87-56-88(95-89(94-87)72-17-5-2-6-18-72)71-46-40-67(41-47-71)80-53-51-78(82-23-10-12-25-84(80)82)65-36-34-63(35-37-65)76-21-8-7-19-75(76)58-92/h1-56H. The quantitative estimate of drug-likeness (QED) is 0.114. The lowest BCUT2D eigenvalue weighted by Crippen LogP contribution is -1.96. The van der Waals surface area contributed by atoms with E-state index in [-0.39, 0.29) is 0 Å². The summed E-state index contributed by atoms with van der Waals surface area (Å²) in [6.45, 7) is 0. The minimum absolute atomic E-state index is 0.647. The molecule has 446 valence electrons. The van der Waals surface area contributed by atoms with Gasteiger partial charge in [-0.15, -0.1) is 0 Å². The third-order valence-electron chi connectivity index (χ3n) is 18.1. The highest BCUT2D eigenvalue weighted by molar-refractivity contribution is 6.06. The average Bonchev–Trinajstić information content (AvgIpc) is 0.795. The van der Waals surface area contributed by atoms with Gasteiger partial charge in [0.25, 0.3) is 0 Å². The lowest BCUT2D eigenvalue weighted by molar-refractivity contribution is 1.18. The van der Waals surface area contributed by atoms with Crippen LogP contribution in [0.4, 0.5) is 0 Å². The molecule has 0 atom stereocenters. The average molecular weight is 1220 g/mol. The van der Waals surface area contributed by atoms with Crippen LogP contribution in [-0.2, 0) is 0 Å². The van der Waals surface area contributed by atoms with Crippen molar-refractivity contribution in [1.82, 2.24) is 19.9 Å². The van der Waals surface area contributed by atoms with Crippen molar-refractivity contribution < 1.29 is 0 Å². The first-order valence-electron chi connectivity index (χ1n) is 32.0. The van der Waals surface area contributed by atoms with Gasteiger partial charge in [0, 0.05) is 33.4 Å². The van der Waals surface area contributed by atoms with Gasteiger partial charge in [-0.3, -0.25) is 0 Å². The molecule has 0 fully saturated rings. The Labute approximate surface area is 557 Å². The Hall–Kier alpha value is -13.3. The molecule has 2 aromatic heterocycles. The van der Waals surface area contributed by atoms with E-state index in [1.54, 1.807) is 0 Å². The molecule has 0 saturated carbocycles. The molecule has 16 rings (SSSR count). The van der Waals surface area contributed by atoms with E-state index in [1.165, 1.54) is 21.5 Å². The summed E-state index contributed by atoms with van der Waals surface area (Å²) >= 11 is 0. The monoisotopic (exact) mass is 1220 g/mol. The summed E-state index contributed by atoms with van der Waals surface area (Å²) in [5.74, 6) is 1.31. The normalized spacial score (nSPS) is 11.1. The van der Waals surface area contributed by atoms with E-state index in [0.29, 0.717) is 22.8 Å². The van der Waals surface area contributed by atoms with Crippen molar-refractivity contribution in [3.05, 3.63) is 351 Å². The molecule has 0 radical (unpaired) electrons. The molecular formula is C90H56N6. The van der Waals surface area contributed by atoms with E-state index in [4.69, 9.17) is 19.9 Å². The predicted octanol–water partition coefficient (Wildman–Crippen LogP) is 23.0. The Morgan fingerprint density at radius 3 is 0.854 bits per heavy atom. The fourth-order valence-electron chi connectivity index (χ4n) is 13.1. The fourth-order valence-corrected chi connectivity index (χ4v) is 13.1. The largest absolute Gasteiger partial charge is 0.228 e. The molecule has 0 N–H and O–H groups in total. The van der Waals surface area contributed by atoms with Crippen LogP contribution in [0.1, 0.15) is 11.1 Å². The molecule has 0 bridgehead atoms. The minimum Gasteiger partial charge on any atom is -0.228 e. The maximum absolute atomic E-state index is 9.75. The summed E-state index contributed by atoms with van der Waals surface area (Å²) in [5.41, 5.74) is 25.8. The second kappa shape index (κ2) is 25.4. The molecule has 0 saturated heterocycles. The van der Waals surface area contributed by atoms with E-state index in [9.17, 15) is 10.5 Å². The van der Waals surface area contributed by atoms with E-state index in [0.717, 1.165) is 134 Å². The molecule has 6 nitrogen and oxygen atoms in total. The number of hydrogen-bond donors (Lipinski definition) is 0. The Balaban J connectivity index is 0.656. The van der Waals surface area contributed by atoms with Crippen LogP contribution in [0.5, 0.6) is 0 Å². The van der Waals surface area contributed by atoms with Crippen molar-refractivity contribution in [3.63, 3.8) is 0 Å². The second-order valence-electron chi connectivity index (χ2n) is 23.9. The number of hydrogen-bond acceptors (Lipinski definition) is 6. The van der Waals surface area contributed by atoms with Gasteiger partial charge in [0.15, 0.2) is 11.6 Å². The Morgan fingerprint density at radius 2 is 0.469 bits per heavy atom. The molecule has 2 heterocycles. The molecule has 0 aliphatic rings. The summed E-state index contributed by atoms with van der Waals surface area (Å²) in [6.07, 6.45) is 0. The number of rotatable bonds is 13. The number of fused-ring (bicyclic) bond motifs is 2. The van der Waals surface area contributed by atoms with Crippen molar-refractivity contribution in [3.8, 4) is 158 Å². The van der Waals surface area contributed by atoms with Crippen molar-refractivity contribution in [2.45, 2.75) is 0 Å². The zero-order valence-electron chi connectivity index (χ0n) is 52.0. The van der Waals surface area contributed by atoms with Gasteiger partial charge in [-0.25, -0.2) is 19.9 Å². The van der Waals surface area contributed by atoms with Gasteiger partial charge in [0.05, 0.1) is 46.0 Å². The molecule has 0 aliphatic carbocycles. The van der Waals surface area contributed by atoms with Crippen LogP contribution < -0.4 is 0 Å². The van der Waals surface area contributed by atoms with Gasteiger partial charge in [-0.05, 0) is 130 Å². The maximum atomic E-state index is 9.75. The second-order valence-corrected chi connectivity index (χ2v) is 23.9. The molecule has 0 spiro atoms. The minimum atomic E-state index is 0.647. The van der Waals surface area contributed by atoms with E-state index >= 15 is 0 Å². The van der Waals surface area contributed by atoms with Crippen molar-refractivity contribution in [2.75, 3.05) is 0 Å². The molecule has 16 aromatic rings. The molecule has 14 aromatic carbocycles. The summed E-state index contributed by atoms with van der Waals surface area (Å²) in [4.78, 5) is 20.8. The SMILES string of the molecule is N#Cc1cccc(-c2ccc(-c3ccc(-c4ccc(-c5cc(-c6ccccc6)nc(-c6ccc(-c7ccc(-c8cc(-c9ccc(-c%10ccc(-c%11ccc(-c%12ccccc%12C#N)cc%11)c%11ccccc%10%11)cc9)nc(-c9ccccc9)n8)cc7)cc6)n5)cc4)c4ccccc34)cc2)c1. The highest BCUT2D eigenvalue weighted by atomic mass is 14.9. The van der Waals surface area contributed by atoms with E-state index in [2.05, 4.69) is 267 Å². The maximum Gasteiger partial charge on any atom is 0.160 e. The lowest BCUT2D eigenvalue weighted by Gasteiger charge is -2.14. The number of nitrogens with zero attached hydrogens (tertiary/aromatic N) is 6. The van der Waals surface area contributed by atoms with Gasteiger partial charge >= 0.3 is 0 Å². The van der Waals surface area contributed by atoms with Crippen molar-refractivity contribution in [1.29, 1.82) is 10.5 Å². The van der Waals surface area contributed by atoms with Crippen LogP contribution in [0.15, 0.2) is 340 Å². The summed E-state index contributed by atoms with van der Waals surface area (Å²) in [7, 11) is 0. The van der Waals surface area contributed by atoms with Crippen LogP contribution in [0, 0.1) is 22.7 Å². The van der Waals surface area contributed by atoms with Crippen LogP contribution in [0.25, 0.3) is 167 Å². The molecule has 6 heteroatoms. The smallest absolute Gasteiger partial charge is 0.160 e. The molecule has 0 amide bonds. The van der Waals surface area contributed by atoms with Crippen LogP contribution in [-0.4, -0.2) is 19.9 Å². The molecule has 0 unspecified atom stereocenters. The van der Waals surface area contributed by atoms with Crippen LogP contribution >= 0.6 is 0 Å². The summed E-state index contributed by atoms with van der Waals surface area (Å²) in [6, 6.07) is 123. The Bertz CT molecular complexity index is 5660. The molecular weight excluding hydrogens is 1170 g/mol. The third-order valence-corrected chi connectivity index (χ3v) is 18.1. The zero-order chi connectivity index (χ0) is 64.3. The first kappa shape index (κ1) is 57.9. The molecule has 0 aliphatic heterocycles. The number of benzene rings is 14. The van der Waals surface area contributed by atoms with Gasteiger partial charge in [-0.1, -0.05) is 309 Å². The number of aromatic nitrogens is 4. The Morgan fingerprint density at radius 1 is 0.188 bits per heavy atom. The van der Waals surface area contributed by atoms with Crippen molar-refractivity contribution >= 4 is 21.5 Å². The van der Waals surface area contributed by atoms with Gasteiger partial charge < -0.3 is 0 Å². The van der Waals surface area contributed by atoms with Crippen LogP contribution in [0.3, 0.4) is 0 Å². The van der Waals surface area contributed by atoms with E-state index in [1.807, 2.05) is 84.9 Å². The Kier molecular flexibility index (Phi) is 15.3. The fraction of sp³-hybridized carbons (Fsp3) is 0. The first-order valence-corrected chi connectivity index (χ1v) is 32.0. The first-order chi connectivity index (χ1) is 47.4. The van der Waals surface area contributed by atoms with E-state index < -0.39 is 0 Å². The number of nitriles is 2.